The molecule has 6 heteroatoms. The lowest BCUT2D eigenvalue weighted by Crippen LogP contribution is -2.47. The SMILES string of the molecule is O=C(NCC1CCCCN1c1ncnc2sccc12)c1ccccc1. The molecule has 1 atom stereocenters. The molecule has 1 unspecified atom stereocenters. The molecular formula is C19H20N4OS. The van der Waals surface area contributed by atoms with E-state index in [9.17, 15) is 4.79 Å². The van der Waals surface area contributed by atoms with Gasteiger partial charge in [0, 0.05) is 24.7 Å². The van der Waals surface area contributed by atoms with Crippen LogP contribution in [0.15, 0.2) is 48.1 Å². The third kappa shape index (κ3) is 3.35. The maximum absolute atomic E-state index is 12.3. The Balaban J connectivity index is 1.52. The normalized spacial score (nSPS) is 17.6. The fraction of sp³-hybridized carbons (Fsp3) is 0.316. The number of carbonyl (C=O) groups is 1. The molecule has 3 heterocycles. The van der Waals surface area contributed by atoms with E-state index >= 15 is 0 Å². The Morgan fingerprint density at radius 3 is 2.96 bits per heavy atom. The predicted octanol–water partition coefficient (Wildman–Crippen LogP) is 3.48. The number of carbonyl (C=O) groups excluding carboxylic acids is 1. The van der Waals surface area contributed by atoms with E-state index in [0.29, 0.717) is 12.1 Å². The van der Waals surface area contributed by atoms with Gasteiger partial charge in [-0.3, -0.25) is 4.79 Å². The molecule has 1 aromatic carbocycles. The number of nitrogens with zero attached hydrogens (tertiary/aromatic N) is 3. The first-order valence-corrected chi connectivity index (χ1v) is 9.49. The first-order chi connectivity index (χ1) is 12.3. The van der Waals surface area contributed by atoms with Gasteiger partial charge in [0.15, 0.2) is 0 Å². The smallest absolute Gasteiger partial charge is 0.251 e. The summed E-state index contributed by atoms with van der Waals surface area (Å²) < 4.78 is 0. The summed E-state index contributed by atoms with van der Waals surface area (Å²) in [4.78, 5) is 24.6. The van der Waals surface area contributed by atoms with Gasteiger partial charge in [-0.05, 0) is 42.8 Å². The molecule has 0 saturated carbocycles. The molecule has 1 aliphatic rings. The van der Waals surface area contributed by atoms with Crippen molar-refractivity contribution >= 4 is 33.3 Å². The number of fused-ring (bicyclic) bond motifs is 1. The van der Waals surface area contributed by atoms with Gasteiger partial charge in [-0.25, -0.2) is 9.97 Å². The van der Waals surface area contributed by atoms with Crippen LogP contribution in [0.1, 0.15) is 29.6 Å². The lowest BCUT2D eigenvalue weighted by Gasteiger charge is -2.37. The topological polar surface area (TPSA) is 58.1 Å². The summed E-state index contributed by atoms with van der Waals surface area (Å²) >= 11 is 1.63. The van der Waals surface area contributed by atoms with E-state index in [1.165, 1.54) is 6.42 Å². The van der Waals surface area contributed by atoms with E-state index in [-0.39, 0.29) is 11.9 Å². The van der Waals surface area contributed by atoms with Gasteiger partial charge in [-0.15, -0.1) is 11.3 Å². The molecule has 128 valence electrons. The largest absolute Gasteiger partial charge is 0.351 e. The highest BCUT2D eigenvalue weighted by Gasteiger charge is 2.25. The van der Waals surface area contributed by atoms with Gasteiger partial charge in [0.1, 0.15) is 17.0 Å². The Morgan fingerprint density at radius 2 is 2.08 bits per heavy atom. The van der Waals surface area contributed by atoms with Gasteiger partial charge in [-0.2, -0.15) is 0 Å². The van der Waals surface area contributed by atoms with Crippen LogP contribution < -0.4 is 10.2 Å². The van der Waals surface area contributed by atoms with Crippen LogP contribution in [0.2, 0.25) is 0 Å². The minimum absolute atomic E-state index is 0.0190. The number of thiophene rings is 1. The average Bonchev–Trinajstić information content (AvgIpc) is 3.16. The summed E-state index contributed by atoms with van der Waals surface area (Å²) in [5, 5.41) is 6.25. The Labute approximate surface area is 150 Å². The quantitative estimate of drug-likeness (QED) is 0.781. The van der Waals surface area contributed by atoms with Crippen LogP contribution in [0.4, 0.5) is 5.82 Å². The monoisotopic (exact) mass is 352 g/mol. The number of piperidine rings is 1. The van der Waals surface area contributed by atoms with Gasteiger partial charge < -0.3 is 10.2 Å². The highest BCUT2D eigenvalue weighted by Crippen LogP contribution is 2.30. The zero-order chi connectivity index (χ0) is 17.1. The van der Waals surface area contributed by atoms with E-state index in [1.54, 1.807) is 17.7 Å². The van der Waals surface area contributed by atoms with Gasteiger partial charge in [0.2, 0.25) is 0 Å². The summed E-state index contributed by atoms with van der Waals surface area (Å²) in [6.07, 6.45) is 5.03. The van der Waals surface area contributed by atoms with Crippen molar-refractivity contribution in [3.05, 3.63) is 53.7 Å². The Morgan fingerprint density at radius 1 is 1.20 bits per heavy atom. The second-order valence-electron chi connectivity index (χ2n) is 6.26. The molecule has 0 radical (unpaired) electrons. The number of anilines is 1. The molecule has 4 rings (SSSR count). The molecule has 2 aromatic heterocycles. The van der Waals surface area contributed by atoms with Crippen LogP contribution >= 0.6 is 11.3 Å². The summed E-state index contributed by atoms with van der Waals surface area (Å²) in [7, 11) is 0. The van der Waals surface area contributed by atoms with Gasteiger partial charge >= 0.3 is 0 Å². The van der Waals surface area contributed by atoms with Crippen molar-refractivity contribution in [1.82, 2.24) is 15.3 Å². The fourth-order valence-corrected chi connectivity index (χ4v) is 4.13. The molecule has 1 N–H and O–H groups in total. The fourth-order valence-electron chi connectivity index (χ4n) is 3.40. The van der Waals surface area contributed by atoms with E-state index in [1.807, 2.05) is 30.3 Å². The predicted molar refractivity (Wildman–Crippen MR) is 101 cm³/mol. The number of hydrogen-bond acceptors (Lipinski definition) is 5. The van der Waals surface area contributed by atoms with Gasteiger partial charge in [-0.1, -0.05) is 18.2 Å². The van der Waals surface area contributed by atoms with Crippen molar-refractivity contribution in [3.63, 3.8) is 0 Å². The van der Waals surface area contributed by atoms with Crippen molar-refractivity contribution in [1.29, 1.82) is 0 Å². The highest BCUT2D eigenvalue weighted by molar-refractivity contribution is 7.16. The molecule has 1 saturated heterocycles. The molecule has 1 amide bonds. The van der Waals surface area contributed by atoms with Gasteiger partial charge in [0.05, 0.1) is 5.39 Å². The zero-order valence-corrected chi connectivity index (χ0v) is 14.7. The average molecular weight is 352 g/mol. The van der Waals surface area contributed by atoms with Crippen molar-refractivity contribution in [2.75, 3.05) is 18.0 Å². The highest BCUT2D eigenvalue weighted by atomic mass is 32.1. The second kappa shape index (κ2) is 7.19. The molecule has 1 fully saturated rings. The van der Waals surface area contributed by atoms with Crippen LogP contribution in [0.25, 0.3) is 10.2 Å². The van der Waals surface area contributed by atoms with Crippen molar-refractivity contribution in [2.24, 2.45) is 0 Å². The maximum Gasteiger partial charge on any atom is 0.251 e. The molecule has 0 spiro atoms. The number of hydrogen-bond donors (Lipinski definition) is 1. The van der Waals surface area contributed by atoms with Crippen molar-refractivity contribution in [2.45, 2.75) is 25.3 Å². The number of amides is 1. The zero-order valence-electron chi connectivity index (χ0n) is 13.9. The van der Waals surface area contributed by atoms with Crippen LogP contribution in [0.5, 0.6) is 0 Å². The molecule has 25 heavy (non-hydrogen) atoms. The molecule has 1 aliphatic heterocycles. The van der Waals surface area contributed by atoms with Crippen LogP contribution in [0.3, 0.4) is 0 Å². The Kier molecular flexibility index (Phi) is 4.61. The minimum atomic E-state index is -0.0190. The van der Waals surface area contributed by atoms with E-state index in [4.69, 9.17) is 0 Å². The summed E-state index contributed by atoms with van der Waals surface area (Å²) in [5.41, 5.74) is 0.701. The van der Waals surface area contributed by atoms with Crippen LogP contribution in [0, 0.1) is 0 Å². The first-order valence-electron chi connectivity index (χ1n) is 8.61. The van der Waals surface area contributed by atoms with E-state index < -0.39 is 0 Å². The molecular weight excluding hydrogens is 332 g/mol. The number of nitrogens with one attached hydrogen (secondary N) is 1. The summed E-state index contributed by atoms with van der Waals surface area (Å²) in [6, 6.07) is 11.7. The minimum Gasteiger partial charge on any atom is -0.351 e. The molecule has 0 bridgehead atoms. The van der Waals surface area contributed by atoms with E-state index in [0.717, 1.165) is 35.4 Å². The maximum atomic E-state index is 12.3. The third-order valence-electron chi connectivity index (χ3n) is 4.67. The number of rotatable bonds is 4. The van der Waals surface area contributed by atoms with E-state index in [2.05, 4.69) is 31.6 Å². The Hall–Kier alpha value is -2.47. The number of aromatic nitrogens is 2. The second-order valence-corrected chi connectivity index (χ2v) is 7.15. The van der Waals surface area contributed by atoms with Gasteiger partial charge in [0.25, 0.3) is 5.91 Å². The van der Waals surface area contributed by atoms with Crippen LogP contribution in [-0.4, -0.2) is 35.0 Å². The standard InChI is InChI=1S/C19H20N4OS/c24-18(14-6-2-1-3-7-14)20-12-15-8-4-5-10-23(15)17-16-9-11-25-19(16)22-13-21-17/h1-3,6-7,9,11,13,15H,4-5,8,10,12H2,(H,20,24). The molecule has 0 aliphatic carbocycles. The number of benzene rings is 1. The molecule has 3 aromatic rings. The van der Waals surface area contributed by atoms with Crippen LogP contribution in [-0.2, 0) is 0 Å². The lowest BCUT2D eigenvalue weighted by atomic mass is 10.0. The van der Waals surface area contributed by atoms with Crippen molar-refractivity contribution in [3.8, 4) is 0 Å². The molecule has 5 nitrogen and oxygen atoms in total. The van der Waals surface area contributed by atoms with Crippen molar-refractivity contribution < 1.29 is 4.79 Å². The summed E-state index contributed by atoms with van der Waals surface area (Å²) in [6.45, 7) is 1.59. The first kappa shape index (κ1) is 16.0. The summed E-state index contributed by atoms with van der Waals surface area (Å²) in [5.74, 6) is 0.972. The Bertz CT molecular complexity index is 864. The third-order valence-corrected chi connectivity index (χ3v) is 5.49. The lowest BCUT2D eigenvalue weighted by molar-refractivity contribution is 0.0949.